The van der Waals surface area contributed by atoms with Gasteiger partial charge in [0.1, 0.15) is 5.82 Å². The third kappa shape index (κ3) is 6.29. The summed E-state index contributed by atoms with van der Waals surface area (Å²) in [7, 11) is 2.06. The SMILES string of the molecule is CCN(C)Cc1cccc(CNC(=O)CC(O)c2cccc(F)c2)c1. The number of nitrogens with zero attached hydrogens (tertiary/aromatic N) is 1. The molecule has 0 aliphatic heterocycles. The first-order valence-electron chi connectivity index (χ1n) is 8.44. The summed E-state index contributed by atoms with van der Waals surface area (Å²) in [6.07, 6.45) is -1.11. The summed E-state index contributed by atoms with van der Waals surface area (Å²) in [5.41, 5.74) is 2.60. The Hall–Kier alpha value is -2.24. The van der Waals surface area contributed by atoms with Gasteiger partial charge in [-0.05, 0) is 42.4 Å². The number of carbonyl (C=O) groups is 1. The molecule has 4 nitrogen and oxygen atoms in total. The highest BCUT2D eigenvalue weighted by molar-refractivity contribution is 5.76. The molecule has 2 rings (SSSR count). The number of hydrogen-bond donors (Lipinski definition) is 2. The molecule has 1 amide bonds. The van der Waals surface area contributed by atoms with E-state index in [-0.39, 0.29) is 12.3 Å². The van der Waals surface area contributed by atoms with Crippen molar-refractivity contribution >= 4 is 5.91 Å². The minimum absolute atomic E-state index is 0.0955. The van der Waals surface area contributed by atoms with Crippen LogP contribution in [0.2, 0.25) is 0 Å². The average Bonchev–Trinajstić information content (AvgIpc) is 2.60. The lowest BCUT2D eigenvalue weighted by atomic mass is 10.1. The van der Waals surface area contributed by atoms with E-state index in [1.807, 2.05) is 12.1 Å². The van der Waals surface area contributed by atoms with Crippen LogP contribution in [0.4, 0.5) is 4.39 Å². The van der Waals surface area contributed by atoms with Crippen LogP contribution in [0.3, 0.4) is 0 Å². The van der Waals surface area contributed by atoms with Crippen molar-refractivity contribution in [2.45, 2.75) is 32.5 Å². The number of amides is 1. The molecule has 0 aliphatic carbocycles. The standard InChI is InChI=1S/C20H25FN2O2/c1-3-23(2)14-16-7-4-6-15(10-16)13-22-20(25)12-19(24)17-8-5-9-18(21)11-17/h4-11,19,24H,3,12-14H2,1-2H3,(H,22,25). The monoisotopic (exact) mass is 344 g/mol. The van der Waals surface area contributed by atoms with Crippen molar-refractivity contribution in [3.63, 3.8) is 0 Å². The van der Waals surface area contributed by atoms with Crippen LogP contribution in [0.25, 0.3) is 0 Å². The van der Waals surface area contributed by atoms with Gasteiger partial charge in [0, 0.05) is 13.1 Å². The molecule has 0 spiro atoms. The Morgan fingerprint density at radius 2 is 1.92 bits per heavy atom. The fraction of sp³-hybridized carbons (Fsp3) is 0.350. The smallest absolute Gasteiger partial charge is 0.223 e. The van der Waals surface area contributed by atoms with Crippen molar-refractivity contribution in [1.82, 2.24) is 10.2 Å². The molecule has 0 fully saturated rings. The molecule has 0 bridgehead atoms. The Kier molecular flexibility index (Phi) is 7.10. The lowest BCUT2D eigenvalue weighted by molar-refractivity contribution is -0.123. The van der Waals surface area contributed by atoms with E-state index in [0.717, 1.165) is 18.7 Å². The molecule has 0 aromatic heterocycles. The van der Waals surface area contributed by atoms with E-state index in [2.05, 4.69) is 36.3 Å². The van der Waals surface area contributed by atoms with E-state index in [1.54, 1.807) is 6.07 Å². The van der Waals surface area contributed by atoms with Gasteiger partial charge >= 0.3 is 0 Å². The van der Waals surface area contributed by atoms with Crippen LogP contribution in [0.5, 0.6) is 0 Å². The van der Waals surface area contributed by atoms with Crippen molar-refractivity contribution in [2.75, 3.05) is 13.6 Å². The second kappa shape index (κ2) is 9.30. The van der Waals surface area contributed by atoms with Crippen LogP contribution in [-0.4, -0.2) is 29.5 Å². The molecule has 5 heteroatoms. The van der Waals surface area contributed by atoms with Gasteiger partial charge < -0.3 is 15.3 Å². The third-order valence-corrected chi connectivity index (χ3v) is 4.09. The highest BCUT2D eigenvalue weighted by atomic mass is 19.1. The number of carbonyl (C=O) groups excluding carboxylic acids is 1. The van der Waals surface area contributed by atoms with Gasteiger partial charge in [-0.25, -0.2) is 4.39 Å². The number of hydrogen-bond acceptors (Lipinski definition) is 3. The normalized spacial score (nSPS) is 12.2. The Morgan fingerprint density at radius 1 is 1.20 bits per heavy atom. The van der Waals surface area contributed by atoms with Gasteiger partial charge in [-0.1, -0.05) is 43.3 Å². The van der Waals surface area contributed by atoms with Crippen LogP contribution in [-0.2, 0) is 17.9 Å². The lowest BCUT2D eigenvalue weighted by Gasteiger charge is -2.15. The highest BCUT2D eigenvalue weighted by Crippen LogP contribution is 2.17. The van der Waals surface area contributed by atoms with Crippen molar-refractivity contribution in [3.05, 3.63) is 71.0 Å². The average molecular weight is 344 g/mol. The van der Waals surface area contributed by atoms with Gasteiger partial charge in [0.15, 0.2) is 0 Å². The van der Waals surface area contributed by atoms with Crippen molar-refractivity contribution in [3.8, 4) is 0 Å². The molecule has 1 atom stereocenters. The molecular formula is C20H25FN2O2. The fourth-order valence-corrected chi connectivity index (χ4v) is 2.54. The minimum atomic E-state index is -1.01. The molecule has 0 heterocycles. The van der Waals surface area contributed by atoms with Gasteiger partial charge in [-0.3, -0.25) is 4.79 Å². The predicted molar refractivity (Wildman–Crippen MR) is 96.3 cm³/mol. The summed E-state index contributed by atoms with van der Waals surface area (Å²) in [6, 6.07) is 13.7. The van der Waals surface area contributed by atoms with Gasteiger partial charge in [-0.15, -0.1) is 0 Å². The second-order valence-corrected chi connectivity index (χ2v) is 6.20. The Labute approximate surface area is 148 Å². The largest absolute Gasteiger partial charge is 0.388 e. The molecule has 2 N–H and O–H groups in total. The number of benzene rings is 2. The van der Waals surface area contributed by atoms with Crippen LogP contribution >= 0.6 is 0 Å². The fourth-order valence-electron chi connectivity index (χ4n) is 2.54. The molecule has 2 aromatic rings. The summed E-state index contributed by atoms with van der Waals surface area (Å²) in [5, 5.41) is 12.9. The maximum atomic E-state index is 13.2. The quantitative estimate of drug-likeness (QED) is 0.774. The third-order valence-electron chi connectivity index (χ3n) is 4.09. The van der Waals surface area contributed by atoms with Crippen LogP contribution < -0.4 is 5.32 Å². The van der Waals surface area contributed by atoms with E-state index in [4.69, 9.17) is 0 Å². The molecular weight excluding hydrogens is 319 g/mol. The zero-order valence-electron chi connectivity index (χ0n) is 14.7. The van der Waals surface area contributed by atoms with Crippen molar-refractivity contribution in [1.29, 1.82) is 0 Å². The van der Waals surface area contributed by atoms with Crippen LogP contribution in [0.1, 0.15) is 36.1 Å². The molecule has 134 valence electrons. The summed E-state index contributed by atoms with van der Waals surface area (Å²) >= 11 is 0. The summed E-state index contributed by atoms with van der Waals surface area (Å²) in [5.74, 6) is -0.696. The van der Waals surface area contributed by atoms with E-state index in [9.17, 15) is 14.3 Å². The Morgan fingerprint density at radius 3 is 2.64 bits per heavy atom. The van der Waals surface area contributed by atoms with E-state index >= 15 is 0 Å². The maximum absolute atomic E-state index is 13.2. The van der Waals surface area contributed by atoms with Crippen LogP contribution in [0.15, 0.2) is 48.5 Å². The van der Waals surface area contributed by atoms with Crippen molar-refractivity contribution in [2.24, 2.45) is 0 Å². The molecule has 0 radical (unpaired) electrons. The maximum Gasteiger partial charge on any atom is 0.223 e. The molecule has 25 heavy (non-hydrogen) atoms. The first-order valence-corrected chi connectivity index (χ1v) is 8.44. The summed E-state index contributed by atoms with van der Waals surface area (Å²) in [4.78, 5) is 14.2. The first-order chi connectivity index (χ1) is 12.0. The zero-order chi connectivity index (χ0) is 18.2. The Balaban J connectivity index is 1.86. The number of rotatable bonds is 8. The molecule has 1 unspecified atom stereocenters. The molecule has 0 saturated heterocycles. The summed E-state index contributed by atoms with van der Waals surface area (Å²) in [6.45, 7) is 4.34. The van der Waals surface area contributed by atoms with E-state index < -0.39 is 11.9 Å². The van der Waals surface area contributed by atoms with E-state index in [1.165, 1.54) is 23.8 Å². The molecule has 0 saturated carbocycles. The zero-order valence-corrected chi connectivity index (χ0v) is 14.7. The van der Waals surface area contributed by atoms with Gasteiger partial charge in [0.25, 0.3) is 0 Å². The van der Waals surface area contributed by atoms with Gasteiger partial charge in [0.05, 0.1) is 12.5 Å². The number of aliphatic hydroxyl groups is 1. The second-order valence-electron chi connectivity index (χ2n) is 6.20. The predicted octanol–water partition coefficient (Wildman–Crippen LogP) is 3.02. The van der Waals surface area contributed by atoms with E-state index in [0.29, 0.717) is 12.1 Å². The van der Waals surface area contributed by atoms with Gasteiger partial charge in [0.2, 0.25) is 5.91 Å². The number of nitrogens with one attached hydrogen (secondary N) is 1. The first kappa shape index (κ1) is 19.1. The van der Waals surface area contributed by atoms with Gasteiger partial charge in [-0.2, -0.15) is 0 Å². The van der Waals surface area contributed by atoms with Crippen molar-refractivity contribution < 1.29 is 14.3 Å². The highest BCUT2D eigenvalue weighted by Gasteiger charge is 2.13. The number of aliphatic hydroxyl groups excluding tert-OH is 1. The molecule has 0 aliphatic rings. The topological polar surface area (TPSA) is 52.6 Å². The number of halogens is 1. The lowest BCUT2D eigenvalue weighted by Crippen LogP contribution is -2.24. The summed E-state index contributed by atoms with van der Waals surface area (Å²) < 4.78 is 13.2. The molecule has 2 aromatic carbocycles. The minimum Gasteiger partial charge on any atom is -0.388 e. The van der Waals surface area contributed by atoms with Crippen LogP contribution in [0, 0.1) is 5.82 Å². The Bertz CT molecular complexity index is 706.